The first-order chi connectivity index (χ1) is 36.0. The van der Waals surface area contributed by atoms with Crippen LogP contribution in [0.5, 0.6) is 0 Å². The molecule has 12 aromatic rings. The van der Waals surface area contributed by atoms with Crippen molar-refractivity contribution >= 4 is 27.5 Å². The molecule has 73 heavy (non-hydrogen) atoms. The lowest BCUT2D eigenvalue weighted by Crippen LogP contribution is -2.06. The third-order valence-corrected chi connectivity index (χ3v) is 13.1. The molecule has 0 aliphatic carbocycles. The van der Waals surface area contributed by atoms with Gasteiger partial charge < -0.3 is 4.57 Å². The highest BCUT2D eigenvalue weighted by Crippen LogP contribution is 2.44. The Morgan fingerprint density at radius 2 is 0.740 bits per heavy atom. The topological polar surface area (TPSA) is 108 Å². The molecule has 8 heteroatoms. The predicted molar refractivity (Wildman–Crippen MR) is 291 cm³/mol. The summed E-state index contributed by atoms with van der Waals surface area (Å²) >= 11 is 0. The van der Waals surface area contributed by atoms with E-state index in [2.05, 4.69) is 57.9 Å². The molecule has 0 saturated carbocycles. The summed E-state index contributed by atoms with van der Waals surface area (Å²) in [6, 6.07) is 80.8. The van der Waals surface area contributed by atoms with Gasteiger partial charge in [0.25, 0.3) is 0 Å². The number of fused-ring (bicyclic) bond motifs is 3. The van der Waals surface area contributed by atoms with E-state index in [-0.39, 0.29) is 0 Å². The van der Waals surface area contributed by atoms with Crippen molar-refractivity contribution in [1.29, 1.82) is 10.5 Å². The van der Waals surface area contributed by atoms with E-state index >= 15 is 0 Å². The molecule has 8 nitrogen and oxygen atoms in total. The quantitative estimate of drug-likeness (QED) is 0.133. The van der Waals surface area contributed by atoms with E-state index in [9.17, 15) is 10.5 Å². The molecule has 338 valence electrons. The number of nitriles is 2. The van der Waals surface area contributed by atoms with Crippen molar-refractivity contribution in [1.82, 2.24) is 24.5 Å². The number of aromatic nitrogens is 5. The minimum Gasteiger partial charge on any atom is -0.308 e. The molecule has 0 atom stereocenters. The van der Waals surface area contributed by atoms with Crippen LogP contribution in [0.3, 0.4) is 0 Å². The summed E-state index contributed by atoms with van der Waals surface area (Å²) in [5.41, 5.74) is 15.3. The van der Waals surface area contributed by atoms with E-state index in [1.807, 2.05) is 194 Å². The van der Waals surface area contributed by atoms with Crippen LogP contribution in [0.15, 0.2) is 231 Å². The highest BCUT2D eigenvalue weighted by atomic mass is 15.0. The number of hydrogen-bond acceptors (Lipinski definition) is 6. The van der Waals surface area contributed by atoms with Gasteiger partial charge in [0.05, 0.1) is 69.3 Å². The van der Waals surface area contributed by atoms with Crippen molar-refractivity contribution in [3.05, 3.63) is 253 Å². The monoisotopic (exact) mass is 930 g/mol. The normalized spacial score (nSPS) is 11.0. The van der Waals surface area contributed by atoms with Crippen LogP contribution in [0.1, 0.15) is 11.1 Å². The molecule has 9 aromatic carbocycles. The minimum absolute atomic E-state index is 0.376. The molecular weight excluding hydrogens is 893 g/mol. The lowest BCUT2D eigenvalue weighted by Gasteiger charge is -2.20. The van der Waals surface area contributed by atoms with Gasteiger partial charge in [-0.25, -0.2) is 24.8 Å². The molecule has 3 heterocycles. The zero-order chi connectivity index (χ0) is 49.3. The van der Waals surface area contributed by atoms with Crippen LogP contribution in [0.25, 0.3) is 122 Å². The van der Waals surface area contributed by atoms with Crippen molar-refractivity contribution < 1.29 is 0 Å². The summed E-state index contributed by atoms with van der Waals surface area (Å²) < 4.78 is 2.23. The number of nitrogens with zero attached hydrogens (tertiary/aromatic N) is 8. The van der Waals surface area contributed by atoms with Gasteiger partial charge in [-0.1, -0.05) is 164 Å². The molecule has 0 spiro atoms. The van der Waals surface area contributed by atoms with E-state index in [1.54, 1.807) is 0 Å². The van der Waals surface area contributed by atoms with E-state index in [1.165, 1.54) is 0 Å². The summed E-state index contributed by atoms with van der Waals surface area (Å²) in [7, 11) is 0. The van der Waals surface area contributed by atoms with Gasteiger partial charge in [0, 0.05) is 44.2 Å². The van der Waals surface area contributed by atoms with Gasteiger partial charge in [-0.15, -0.1) is 0 Å². The first-order valence-corrected chi connectivity index (χ1v) is 23.7. The first kappa shape index (κ1) is 43.7. The summed E-state index contributed by atoms with van der Waals surface area (Å²) in [4.78, 5) is 25.3. The van der Waals surface area contributed by atoms with Crippen LogP contribution >= 0.6 is 0 Å². The SMILES string of the molecule is [C-]#[N+]c1cccc(-c2ccc3c(c2)c2cc(-c4cccc(C#N)c4)ccc2n3-c2c(-c3nc(-c4ccccc4)cc(-c4ccccc4)n3)cc(C#N)cc2-c2nc(-c3ccccc3)cc(-c3ccccc3)n2)c1. The van der Waals surface area contributed by atoms with Crippen LogP contribution in [-0.4, -0.2) is 24.5 Å². The van der Waals surface area contributed by atoms with E-state index in [4.69, 9.17) is 26.5 Å². The Balaban J connectivity index is 1.23. The van der Waals surface area contributed by atoms with E-state index < -0.39 is 0 Å². The molecule has 0 aliphatic heterocycles. The molecule has 0 amide bonds. The molecule has 3 aromatic heterocycles. The molecule has 0 aliphatic rings. The Labute approximate surface area is 421 Å². The highest BCUT2D eigenvalue weighted by molar-refractivity contribution is 6.13. The van der Waals surface area contributed by atoms with Crippen molar-refractivity contribution in [2.75, 3.05) is 0 Å². The van der Waals surface area contributed by atoms with Crippen LogP contribution in [0.2, 0.25) is 0 Å². The van der Waals surface area contributed by atoms with E-state index in [0.717, 1.165) is 66.3 Å². The number of rotatable bonds is 9. The maximum Gasteiger partial charge on any atom is 0.187 e. The maximum absolute atomic E-state index is 11.1. The van der Waals surface area contributed by atoms with Gasteiger partial charge in [-0.3, -0.25) is 0 Å². The summed E-state index contributed by atoms with van der Waals surface area (Å²) in [6.45, 7) is 7.80. The second-order valence-corrected chi connectivity index (χ2v) is 17.6. The van der Waals surface area contributed by atoms with Gasteiger partial charge in [-0.2, -0.15) is 10.5 Å². The molecule has 0 N–H and O–H groups in total. The molecule has 0 saturated heterocycles. The predicted octanol–water partition coefficient (Wildman–Crippen LogP) is 16.0. The fourth-order valence-electron chi connectivity index (χ4n) is 9.59. The van der Waals surface area contributed by atoms with Crippen LogP contribution < -0.4 is 0 Å². The third-order valence-electron chi connectivity index (χ3n) is 13.1. The zero-order valence-electron chi connectivity index (χ0n) is 39.0. The smallest absolute Gasteiger partial charge is 0.187 e. The largest absolute Gasteiger partial charge is 0.308 e. The van der Waals surface area contributed by atoms with Crippen molar-refractivity contribution in [3.8, 4) is 108 Å². The van der Waals surface area contributed by atoms with Crippen LogP contribution in [-0.2, 0) is 0 Å². The second-order valence-electron chi connectivity index (χ2n) is 17.6. The zero-order valence-corrected chi connectivity index (χ0v) is 39.0. The van der Waals surface area contributed by atoms with Gasteiger partial charge in [0.1, 0.15) is 0 Å². The highest BCUT2D eigenvalue weighted by Gasteiger charge is 2.26. The average molecular weight is 931 g/mol. The average Bonchev–Trinajstić information content (AvgIpc) is 3.80. The molecule has 0 fully saturated rings. The fraction of sp³-hybridized carbons (Fsp3) is 0. The summed E-state index contributed by atoms with van der Waals surface area (Å²) in [5.74, 6) is 0.812. The first-order valence-electron chi connectivity index (χ1n) is 23.7. The Bertz CT molecular complexity index is 3840. The van der Waals surface area contributed by atoms with Crippen LogP contribution in [0, 0.1) is 29.2 Å². The van der Waals surface area contributed by atoms with Crippen LogP contribution in [0.4, 0.5) is 5.69 Å². The summed E-state index contributed by atoms with van der Waals surface area (Å²) in [6.07, 6.45) is 0. The Morgan fingerprint density at radius 1 is 0.356 bits per heavy atom. The van der Waals surface area contributed by atoms with Gasteiger partial charge in [0.2, 0.25) is 0 Å². The Kier molecular flexibility index (Phi) is 11.2. The fourth-order valence-corrected chi connectivity index (χ4v) is 9.59. The van der Waals surface area contributed by atoms with Crippen molar-refractivity contribution in [2.24, 2.45) is 0 Å². The van der Waals surface area contributed by atoms with E-state index in [0.29, 0.717) is 68.1 Å². The van der Waals surface area contributed by atoms with Gasteiger partial charge in [0.15, 0.2) is 17.3 Å². The standard InChI is InChI=1S/C65H38N8/c1-68-52-27-15-26-49(35-52)51-29-31-62-54(37-51)53-36-50(48-25-14-16-42(32-48)40-66)28-30-61(53)73(62)63-55(64-69-57(44-17-6-2-7-18-44)38-58(70-64)45-19-8-3-9-20-45)33-43(41-67)34-56(63)65-71-59(46-21-10-4-11-22-46)39-60(72-65)47-23-12-5-13-24-47/h2-39H. The molecule has 0 radical (unpaired) electrons. The number of hydrogen-bond donors (Lipinski definition) is 0. The van der Waals surface area contributed by atoms with Gasteiger partial charge in [-0.05, 0) is 89.0 Å². The molecule has 0 bridgehead atoms. The van der Waals surface area contributed by atoms with Crippen molar-refractivity contribution in [3.63, 3.8) is 0 Å². The maximum atomic E-state index is 11.1. The minimum atomic E-state index is 0.376. The van der Waals surface area contributed by atoms with Gasteiger partial charge >= 0.3 is 0 Å². The summed E-state index contributed by atoms with van der Waals surface area (Å²) in [5, 5.41) is 22.8. The Hall–Kier alpha value is -10.6. The third kappa shape index (κ3) is 8.32. The van der Waals surface area contributed by atoms with Crippen molar-refractivity contribution in [2.45, 2.75) is 0 Å². The molecule has 0 unspecified atom stereocenters. The lowest BCUT2D eigenvalue weighted by molar-refractivity contribution is 1.12. The lowest BCUT2D eigenvalue weighted by atomic mass is 9.99. The molecular formula is C65H38N8. The molecule has 12 rings (SSSR count). The Morgan fingerprint density at radius 3 is 1.15 bits per heavy atom. The number of benzene rings is 9. The second kappa shape index (κ2) is 18.7.